The summed E-state index contributed by atoms with van der Waals surface area (Å²) in [7, 11) is 0. The van der Waals surface area contributed by atoms with Gasteiger partial charge in [-0.25, -0.2) is 4.39 Å². The molecule has 1 atom stereocenters. The number of benzene rings is 2. The van der Waals surface area contributed by atoms with E-state index in [0.717, 1.165) is 12.0 Å². The van der Waals surface area contributed by atoms with Crippen LogP contribution in [0.15, 0.2) is 42.5 Å². The summed E-state index contributed by atoms with van der Waals surface area (Å²) in [4.78, 5) is 0. The lowest BCUT2D eigenvalue weighted by Crippen LogP contribution is -2.24. The average Bonchev–Trinajstić information content (AvgIpc) is 2.60. The first-order valence-electron chi connectivity index (χ1n) is 8.50. The van der Waals surface area contributed by atoms with Gasteiger partial charge in [-0.1, -0.05) is 37.3 Å². The Labute approximate surface area is 143 Å². The summed E-state index contributed by atoms with van der Waals surface area (Å²) < 4.78 is 25.4. The van der Waals surface area contributed by atoms with Crippen molar-refractivity contribution < 1.29 is 13.9 Å². The number of hydrogen-bond donors (Lipinski definition) is 1. The van der Waals surface area contributed by atoms with Gasteiger partial charge in [-0.05, 0) is 32.4 Å². The Morgan fingerprint density at radius 2 is 1.75 bits per heavy atom. The second kappa shape index (κ2) is 9.28. The Kier molecular flexibility index (Phi) is 7.07. The summed E-state index contributed by atoms with van der Waals surface area (Å²) in [5.41, 5.74) is 1.54. The summed E-state index contributed by atoms with van der Waals surface area (Å²) in [6, 6.07) is 12.9. The normalized spacial score (nSPS) is 12.0. The maximum Gasteiger partial charge on any atom is 0.166 e. The van der Waals surface area contributed by atoms with Crippen LogP contribution in [0.3, 0.4) is 0 Å². The van der Waals surface area contributed by atoms with Gasteiger partial charge in [-0.15, -0.1) is 0 Å². The van der Waals surface area contributed by atoms with E-state index in [1.807, 2.05) is 31.2 Å². The predicted octanol–water partition coefficient (Wildman–Crippen LogP) is 4.69. The zero-order valence-corrected chi connectivity index (χ0v) is 14.6. The van der Waals surface area contributed by atoms with Gasteiger partial charge >= 0.3 is 0 Å². The molecule has 3 nitrogen and oxygen atoms in total. The fraction of sp³-hybridized carbons (Fsp3) is 0.400. The van der Waals surface area contributed by atoms with Gasteiger partial charge in [-0.3, -0.25) is 0 Å². The molecular formula is C20H26FNO2. The maximum absolute atomic E-state index is 13.8. The lowest BCUT2D eigenvalue weighted by molar-refractivity contribution is 0.262. The summed E-state index contributed by atoms with van der Waals surface area (Å²) in [5, 5.41) is 3.46. The summed E-state index contributed by atoms with van der Waals surface area (Å²) in [6.07, 6.45) is 1.05. The first-order chi connectivity index (χ1) is 11.7. The Balaban J connectivity index is 2.19. The number of ether oxygens (including phenoxy) is 2. The Morgan fingerprint density at radius 1 is 1.00 bits per heavy atom. The highest BCUT2D eigenvalue weighted by atomic mass is 19.1. The van der Waals surface area contributed by atoms with Crippen molar-refractivity contribution in [2.24, 2.45) is 0 Å². The van der Waals surface area contributed by atoms with Crippen molar-refractivity contribution in [1.29, 1.82) is 0 Å². The number of rotatable bonds is 9. The van der Waals surface area contributed by atoms with Crippen LogP contribution < -0.4 is 14.8 Å². The smallest absolute Gasteiger partial charge is 0.166 e. The zero-order chi connectivity index (χ0) is 17.4. The van der Waals surface area contributed by atoms with Gasteiger partial charge in [0.05, 0.1) is 6.61 Å². The van der Waals surface area contributed by atoms with E-state index in [1.54, 1.807) is 12.1 Å². The predicted molar refractivity (Wildman–Crippen MR) is 94.9 cm³/mol. The van der Waals surface area contributed by atoms with Gasteiger partial charge in [0, 0.05) is 23.7 Å². The molecule has 0 aromatic heterocycles. The van der Waals surface area contributed by atoms with Crippen LogP contribution in [0.25, 0.3) is 0 Å². The third kappa shape index (κ3) is 4.96. The molecule has 0 aliphatic rings. The van der Waals surface area contributed by atoms with E-state index in [4.69, 9.17) is 9.47 Å². The minimum atomic E-state index is -0.259. The van der Waals surface area contributed by atoms with Crippen molar-refractivity contribution in [2.75, 3.05) is 6.61 Å². The molecule has 2 aromatic rings. The molecule has 0 heterocycles. The highest BCUT2D eigenvalue weighted by molar-refractivity contribution is 5.46. The van der Waals surface area contributed by atoms with Crippen LogP contribution in [0.1, 0.15) is 38.3 Å². The molecule has 0 bridgehead atoms. The number of para-hydroxylation sites is 1. The van der Waals surface area contributed by atoms with Crippen LogP contribution in [0.2, 0.25) is 0 Å². The highest BCUT2D eigenvalue weighted by Gasteiger charge is 2.13. The van der Waals surface area contributed by atoms with Gasteiger partial charge in [0.1, 0.15) is 12.4 Å². The Bertz CT molecular complexity index is 645. The first-order valence-corrected chi connectivity index (χ1v) is 8.50. The summed E-state index contributed by atoms with van der Waals surface area (Å²) >= 11 is 0. The minimum absolute atomic E-state index is 0.174. The van der Waals surface area contributed by atoms with Crippen LogP contribution in [0.4, 0.5) is 4.39 Å². The van der Waals surface area contributed by atoms with E-state index < -0.39 is 0 Å². The van der Waals surface area contributed by atoms with E-state index >= 15 is 0 Å². The standard InChI is InChI=1S/C20H26FNO2/c1-4-15(3)22-13-16-10-8-12-19(23-5-2)20(16)24-14-17-9-6-7-11-18(17)21/h6-12,15,22H,4-5,13-14H2,1-3H3/t15-/m0/s1. The highest BCUT2D eigenvalue weighted by Crippen LogP contribution is 2.32. The number of halogens is 1. The van der Waals surface area contributed by atoms with Crippen molar-refractivity contribution in [2.45, 2.75) is 46.4 Å². The van der Waals surface area contributed by atoms with Gasteiger partial charge in [0.25, 0.3) is 0 Å². The van der Waals surface area contributed by atoms with Crippen molar-refractivity contribution in [3.8, 4) is 11.5 Å². The molecule has 24 heavy (non-hydrogen) atoms. The second-order valence-electron chi connectivity index (χ2n) is 5.75. The van der Waals surface area contributed by atoms with Crippen LogP contribution in [-0.4, -0.2) is 12.6 Å². The monoisotopic (exact) mass is 331 g/mol. The third-order valence-corrected chi connectivity index (χ3v) is 3.94. The van der Waals surface area contributed by atoms with Gasteiger partial charge in [0.2, 0.25) is 0 Å². The number of hydrogen-bond acceptors (Lipinski definition) is 3. The fourth-order valence-corrected chi connectivity index (χ4v) is 2.33. The van der Waals surface area contributed by atoms with E-state index in [-0.39, 0.29) is 12.4 Å². The van der Waals surface area contributed by atoms with Gasteiger partial charge in [-0.2, -0.15) is 0 Å². The topological polar surface area (TPSA) is 30.5 Å². The molecule has 0 fully saturated rings. The molecule has 2 rings (SSSR count). The molecule has 0 aliphatic carbocycles. The van der Waals surface area contributed by atoms with Gasteiger partial charge in [0.15, 0.2) is 11.5 Å². The molecule has 0 saturated heterocycles. The molecule has 0 amide bonds. The summed E-state index contributed by atoms with van der Waals surface area (Å²) in [6.45, 7) is 7.63. The molecule has 1 N–H and O–H groups in total. The lowest BCUT2D eigenvalue weighted by Gasteiger charge is -2.18. The molecule has 130 valence electrons. The first kappa shape index (κ1) is 18.3. The fourth-order valence-electron chi connectivity index (χ4n) is 2.33. The average molecular weight is 331 g/mol. The SMILES string of the molecule is CCOc1cccc(CN[C@@H](C)CC)c1OCc1ccccc1F. The third-order valence-electron chi connectivity index (χ3n) is 3.94. The van der Waals surface area contributed by atoms with Crippen LogP contribution in [0, 0.1) is 5.82 Å². The number of nitrogens with one attached hydrogen (secondary N) is 1. The van der Waals surface area contributed by atoms with Crippen molar-refractivity contribution in [3.63, 3.8) is 0 Å². The van der Waals surface area contributed by atoms with Crippen molar-refractivity contribution >= 4 is 0 Å². The van der Waals surface area contributed by atoms with Crippen molar-refractivity contribution in [1.82, 2.24) is 5.32 Å². The van der Waals surface area contributed by atoms with E-state index in [1.165, 1.54) is 6.07 Å². The van der Waals surface area contributed by atoms with E-state index in [9.17, 15) is 4.39 Å². The van der Waals surface area contributed by atoms with E-state index in [0.29, 0.717) is 36.3 Å². The quantitative estimate of drug-likeness (QED) is 0.723. The van der Waals surface area contributed by atoms with Crippen LogP contribution in [0.5, 0.6) is 11.5 Å². The Hall–Kier alpha value is -2.07. The molecule has 0 saturated carbocycles. The molecule has 2 aromatic carbocycles. The molecule has 0 unspecified atom stereocenters. The van der Waals surface area contributed by atoms with Crippen LogP contribution in [-0.2, 0) is 13.2 Å². The van der Waals surface area contributed by atoms with Crippen molar-refractivity contribution in [3.05, 3.63) is 59.4 Å². The lowest BCUT2D eigenvalue weighted by atomic mass is 10.1. The molecular weight excluding hydrogens is 305 g/mol. The molecule has 4 heteroatoms. The second-order valence-corrected chi connectivity index (χ2v) is 5.75. The largest absolute Gasteiger partial charge is 0.490 e. The maximum atomic E-state index is 13.8. The van der Waals surface area contributed by atoms with Crippen LogP contribution >= 0.6 is 0 Å². The minimum Gasteiger partial charge on any atom is -0.490 e. The molecule has 0 radical (unpaired) electrons. The Morgan fingerprint density at radius 3 is 2.46 bits per heavy atom. The van der Waals surface area contributed by atoms with Gasteiger partial charge < -0.3 is 14.8 Å². The summed E-state index contributed by atoms with van der Waals surface area (Å²) in [5.74, 6) is 1.11. The molecule has 0 aliphatic heterocycles. The zero-order valence-electron chi connectivity index (χ0n) is 14.6. The van der Waals surface area contributed by atoms with E-state index in [2.05, 4.69) is 19.2 Å². The molecule has 0 spiro atoms.